The van der Waals surface area contributed by atoms with E-state index in [4.69, 9.17) is 9.68 Å². The van der Waals surface area contributed by atoms with Crippen molar-refractivity contribution in [1.82, 2.24) is 9.13 Å². The van der Waals surface area contributed by atoms with Crippen LogP contribution in [0.2, 0.25) is 0 Å². The molecule has 0 aliphatic carbocycles. The Labute approximate surface area is 235 Å². The van der Waals surface area contributed by atoms with Crippen molar-refractivity contribution in [2.45, 2.75) is 0 Å². The van der Waals surface area contributed by atoms with Gasteiger partial charge in [0.05, 0.1) is 38.9 Å². The number of nitriles is 1. The van der Waals surface area contributed by atoms with Gasteiger partial charge in [-0.3, -0.25) is 0 Å². The molecule has 0 unspecified atom stereocenters. The summed E-state index contributed by atoms with van der Waals surface area (Å²) in [7, 11) is 0. The van der Waals surface area contributed by atoms with E-state index in [1.165, 1.54) is 6.08 Å². The molecular weight excluding hydrogens is 502 g/mol. The van der Waals surface area contributed by atoms with Gasteiger partial charge in [-0.25, -0.2) is 0 Å². The molecular formula is C37H23N3O. The minimum absolute atomic E-state index is 0.868. The molecule has 8 rings (SSSR count). The highest BCUT2D eigenvalue weighted by Gasteiger charge is 2.22. The van der Waals surface area contributed by atoms with Crippen LogP contribution in [0.1, 0.15) is 0 Å². The van der Waals surface area contributed by atoms with E-state index in [1.54, 1.807) is 6.08 Å². The van der Waals surface area contributed by atoms with Crippen molar-refractivity contribution in [2.75, 3.05) is 0 Å². The van der Waals surface area contributed by atoms with Crippen molar-refractivity contribution in [2.24, 2.45) is 0 Å². The number of para-hydroxylation sites is 3. The molecule has 4 nitrogen and oxygen atoms in total. The Morgan fingerprint density at radius 2 is 1.27 bits per heavy atom. The summed E-state index contributed by atoms with van der Waals surface area (Å²) in [6.45, 7) is 4.07. The highest BCUT2D eigenvalue weighted by atomic mass is 16.3. The Balaban J connectivity index is 1.53. The Morgan fingerprint density at radius 3 is 1.98 bits per heavy atom. The van der Waals surface area contributed by atoms with E-state index in [0.29, 0.717) is 0 Å². The summed E-state index contributed by atoms with van der Waals surface area (Å²) in [6.07, 6.45) is 6.94. The monoisotopic (exact) mass is 525 g/mol. The van der Waals surface area contributed by atoms with Gasteiger partial charge in [0, 0.05) is 39.0 Å². The Kier molecular flexibility index (Phi) is 5.01. The molecule has 41 heavy (non-hydrogen) atoms. The molecule has 3 heterocycles. The SMILES string of the molecule is C=C/C(=C\C=C\C#N)n1c2ccccc2c2c3oc4c(ccc5c4c4ccccc4n5-c4ccccc4)c3ccc21. The lowest BCUT2D eigenvalue weighted by Crippen LogP contribution is -1.93. The van der Waals surface area contributed by atoms with Crippen LogP contribution in [-0.4, -0.2) is 9.13 Å². The molecule has 192 valence electrons. The number of benzene rings is 5. The van der Waals surface area contributed by atoms with Gasteiger partial charge in [-0.1, -0.05) is 61.2 Å². The molecule has 0 amide bonds. The molecule has 8 aromatic rings. The first-order valence-electron chi connectivity index (χ1n) is 13.6. The lowest BCUT2D eigenvalue weighted by atomic mass is 10.1. The summed E-state index contributed by atoms with van der Waals surface area (Å²) in [4.78, 5) is 0. The number of aromatic nitrogens is 2. The van der Waals surface area contributed by atoms with Gasteiger partial charge in [-0.15, -0.1) is 0 Å². The normalized spacial score (nSPS) is 12.5. The van der Waals surface area contributed by atoms with Crippen LogP contribution in [0.15, 0.2) is 138 Å². The largest absolute Gasteiger partial charge is 0.455 e. The molecule has 0 aliphatic heterocycles. The minimum Gasteiger partial charge on any atom is -0.455 e. The van der Waals surface area contributed by atoms with Crippen LogP contribution >= 0.6 is 0 Å². The standard InChI is InChI=1S/C37H23N3O/c1-2-24(12-10-11-23-38)39-30-17-8-6-15-28(30)34-32(39)21-19-26-27-20-22-33-35(37(27)41-36(26)34)29-16-7-9-18-31(29)40(33)25-13-4-3-5-14-25/h2-22H,1H2/b11-10+,24-12+. The lowest BCUT2D eigenvalue weighted by Gasteiger charge is -2.08. The first kappa shape index (κ1) is 23.1. The molecule has 0 aliphatic rings. The van der Waals surface area contributed by atoms with E-state index in [-0.39, 0.29) is 0 Å². The van der Waals surface area contributed by atoms with E-state index in [9.17, 15) is 0 Å². The number of furan rings is 1. The van der Waals surface area contributed by atoms with Gasteiger partial charge >= 0.3 is 0 Å². The van der Waals surface area contributed by atoms with Crippen LogP contribution < -0.4 is 0 Å². The van der Waals surface area contributed by atoms with Crippen LogP contribution in [0.25, 0.3) is 76.9 Å². The molecule has 0 saturated heterocycles. The van der Waals surface area contributed by atoms with Crippen LogP contribution in [-0.2, 0) is 0 Å². The van der Waals surface area contributed by atoms with E-state index < -0.39 is 0 Å². The Bertz CT molecular complexity index is 2440. The second-order valence-electron chi connectivity index (χ2n) is 10.1. The first-order valence-corrected chi connectivity index (χ1v) is 13.6. The zero-order chi connectivity index (χ0) is 27.5. The molecule has 4 heteroatoms. The summed E-state index contributed by atoms with van der Waals surface area (Å²) in [6, 6.07) is 38.2. The molecule has 0 N–H and O–H groups in total. The third-order valence-electron chi connectivity index (χ3n) is 8.00. The third kappa shape index (κ3) is 3.21. The quantitative estimate of drug-likeness (QED) is 0.170. The summed E-state index contributed by atoms with van der Waals surface area (Å²) in [5.74, 6) is 0. The number of allylic oxidation sites excluding steroid dienone is 5. The Morgan fingerprint density at radius 1 is 0.659 bits per heavy atom. The summed E-state index contributed by atoms with van der Waals surface area (Å²) >= 11 is 0. The maximum Gasteiger partial charge on any atom is 0.145 e. The summed E-state index contributed by atoms with van der Waals surface area (Å²) < 4.78 is 11.4. The van der Waals surface area contributed by atoms with Gasteiger partial charge < -0.3 is 13.6 Å². The van der Waals surface area contributed by atoms with Gasteiger partial charge in [0.25, 0.3) is 0 Å². The van der Waals surface area contributed by atoms with Crippen LogP contribution in [0.3, 0.4) is 0 Å². The van der Waals surface area contributed by atoms with E-state index in [1.807, 2.05) is 24.3 Å². The molecule has 0 radical (unpaired) electrons. The molecule has 0 spiro atoms. The molecule has 0 bridgehead atoms. The van der Waals surface area contributed by atoms with Gasteiger partial charge in [0.1, 0.15) is 11.2 Å². The first-order chi connectivity index (χ1) is 20.3. The maximum absolute atomic E-state index is 9.01. The lowest BCUT2D eigenvalue weighted by molar-refractivity contribution is 0.677. The second-order valence-corrected chi connectivity index (χ2v) is 10.1. The minimum atomic E-state index is 0.868. The number of nitrogens with zero attached hydrogens (tertiary/aromatic N) is 3. The van der Waals surface area contributed by atoms with Crippen molar-refractivity contribution < 1.29 is 4.42 Å². The topological polar surface area (TPSA) is 46.8 Å². The zero-order valence-corrected chi connectivity index (χ0v) is 22.1. The van der Waals surface area contributed by atoms with Gasteiger partial charge in [-0.2, -0.15) is 5.26 Å². The zero-order valence-electron chi connectivity index (χ0n) is 22.1. The Hall–Kier alpha value is -5.79. The van der Waals surface area contributed by atoms with Crippen LogP contribution in [0.5, 0.6) is 0 Å². The van der Waals surface area contributed by atoms with Crippen molar-refractivity contribution in [3.05, 3.63) is 134 Å². The fraction of sp³-hybridized carbons (Fsp3) is 0. The fourth-order valence-corrected chi connectivity index (χ4v) is 6.35. The van der Waals surface area contributed by atoms with Crippen LogP contribution in [0.4, 0.5) is 0 Å². The third-order valence-corrected chi connectivity index (χ3v) is 8.00. The molecule has 5 aromatic carbocycles. The smallest absolute Gasteiger partial charge is 0.145 e. The summed E-state index contributed by atoms with van der Waals surface area (Å²) in [5, 5.41) is 15.6. The highest BCUT2D eigenvalue weighted by Crippen LogP contribution is 2.44. The molecule has 0 fully saturated rings. The van der Waals surface area contributed by atoms with Crippen molar-refractivity contribution in [3.8, 4) is 11.8 Å². The van der Waals surface area contributed by atoms with Crippen LogP contribution in [0, 0.1) is 11.3 Å². The number of rotatable bonds is 4. The van der Waals surface area contributed by atoms with Crippen molar-refractivity contribution in [1.29, 1.82) is 5.26 Å². The second kappa shape index (κ2) is 8.87. The molecule has 3 aromatic heterocycles. The van der Waals surface area contributed by atoms with E-state index in [0.717, 1.165) is 76.9 Å². The van der Waals surface area contributed by atoms with E-state index in [2.05, 4.69) is 113 Å². The van der Waals surface area contributed by atoms with Gasteiger partial charge in [-0.05, 0) is 66.8 Å². The molecule has 0 saturated carbocycles. The van der Waals surface area contributed by atoms with Gasteiger partial charge in [0.15, 0.2) is 0 Å². The fourth-order valence-electron chi connectivity index (χ4n) is 6.35. The van der Waals surface area contributed by atoms with Crippen molar-refractivity contribution >= 4 is 71.2 Å². The highest BCUT2D eigenvalue weighted by molar-refractivity contribution is 6.29. The van der Waals surface area contributed by atoms with Crippen molar-refractivity contribution in [3.63, 3.8) is 0 Å². The van der Waals surface area contributed by atoms with E-state index >= 15 is 0 Å². The predicted molar refractivity (Wildman–Crippen MR) is 170 cm³/mol. The molecule has 0 atom stereocenters. The average molecular weight is 526 g/mol. The number of hydrogen-bond donors (Lipinski definition) is 0. The number of fused-ring (bicyclic) bond motifs is 11. The number of hydrogen-bond acceptors (Lipinski definition) is 2. The summed E-state index contributed by atoms with van der Waals surface area (Å²) in [5.41, 5.74) is 8.10. The average Bonchev–Trinajstić information content (AvgIpc) is 3.67. The van der Waals surface area contributed by atoms with Gasteiger partial charge in [0.2, 0.25) is 0 Å². The maximum atomic E-state index is 9.01. The predicted octanol–water partition coefficient (Wildman–Crippen LogP) is 9.90.